The number of rotatable bonds is 3. The van der Waals surface area contributed by atoms with Crippen LogP contribution < -0.4 is 10.5 Å². The van der Waals surface area contributed by atoms with Crippen molar-refractivity contribution in [2.45, 2.75) is 31.7 Å². The van der Waals surface area contributed by atoms with E-state index in [4.69, 9.17) is 10.5 Å². The molecule has 1 aliphatic heterocycles. The van der Waals surface area contributed by atoms with Crippen LogP contribution in [0.1, 0.15) is 25.8 Å². The number of fused-ring (bicyclic) bond motifs is 1. The summed E-state index contributed by atoms with van der Waals surface area (Å²) in [6.07, 6.45) is 0.687. The lowest BCUT2D eigenvalue weighted by atomic mass is 9.63. The van der Waals surface area contributed by atoms with Crippen LogP contribution in [0.2, 0.25) is 0 Å². The number of hydrogen-bond donors (Lipinski definition) is 2. The van der Waals surface area contributed by atoms with Gasteiger partial charge in [0.15, 0.2) is 0 Å². The maximum Gasteiger partial charge on any atom is 0.123 e. The van der Waals surface area contributed by atoms with E-state index in [9.17, 15) is 5.11 Å². The first-order valence-corrected chi connectivity index (χ1v) is 6.21. The molecule has 0 saturated carbocycles. The zero-order valence-corrected chi connectivity index (χ0v) is 10.5. The predicted molar refractivity (Wildman–Crippen MR) is 68.1 cm³/mol. The Morgan fingerprint density at radius 2 is 2.24 bits per heavy atom. The average Bonchev–Trinajstić information content (AvgIpc) is 2.32. The van der Waals surface area contributed by atoms with Gasteiger partial charge in [0.2, 0.25) is 0 Å². The average molecular weight is 235 g/mol. The molecule has 3 heteroatoms. The van der Waals surface area contributed by atoms with E-state index in [-0.39, 0.29) is 18.1 Å². The van der Waals surface area contributed by atoms with E-state index in [2.05, 4.69) is 13.0 Å². The third kappa shape index (κ3) is 1.83. The lowest BCUT2D eigenvalue weighted by molar-refractivity contribution is 0.0958. The van der Waals surface area contributed by atoms with E-state index in [1.807, 2.05) is 25.1 Å². The predicted octanol–water partition coefficient (Wildman–Crippen LogP) is 1.68. The summed E-state index contributed by atoms with van der Waals surface area (Å²) in [4.78, 5) is 0. The Kier molecular flexibility index (Phi) is 3.40. The van der Waals surface area contributed by atoms with Crippen molar-refractivity contribution < 1.29 is 9.84 Å². The minimum atomic E-state index is -0.177. The molecule has 0 bridgehead atoms. The normalized spacial score (nSPS) is 29.3. The highest BCUT2D eigenvalue weighted by atomic mass is 16.5. The number of aliphatic hydroxyl groups is 1. The van der Waals surface area contributed by atoms with E-state index >= 15 is 0 Å². The second kappa shape index (κ2) is 4.67. The fraction of sp³-hybridized carbons (Fsp3) is 0.571. The van der Waals surface area contributed by atoms with Crippen molar-refractivity contribution in [3.05, 3.63) is 29.8 Å². The molecule has 0 radical (unpaired) electrons. The highest BCUT2D eigenvalue weighted by molar-refractivity contribution is 5.43. The van der Waals surface area contributed by atoms with Crippen LogP contribution in [0, 0.1) is 5.92 Å². The molecule has 3 nitrogen and oxygen atoms in total. The zero-order chi connectivity index (χ0) is 12.5. The summed E-state index contributed by atoms with van der Waals surface area (Å²) in [7, 11) is 0. The van der Waals surface area contributed by atoms with Crippen LogP contribution in [0.4, 0.5) is 0 Å². The minimum absolute atomic E-state index is 0.00491. The van der Waals surface area contributed by atoms with Gasteiger partial charge in [-0.3, -0.25) is 0 Å². The maximum atomic E-state index is 9.38. The van der Waals surface area contributed by atoms with Crippen molar-refractivity contribution >= 4 is 0 Å². The van der Waals surface area contributed by atoms with Crippen molar-refractivity contribution in [1.82, 2.24) is 0 Å². The molecule has 1 aromatic rings. The third-order valence-corrected chi connectivity index (χ3v) is 4.09. The molecule has 0 saturated heterocycles. The van der Waals surface area contributed by atoms with Gasteiger partial charge in [0.1, 0.15) is 5.75 Å². The molecule has 0 aromatic heterocycles. The lowest BCUT2D eigenvalue weighted by Crippen LogP contribution is -2.52. The van der Waals surface area contributed by atoms with Crippen molar-refractivity contribution in [2.75, 3.05) is 13.2 Å². The first kappa shape index (κ1) is 12.4. The molecule has 1 aromatic carbocycles. The molecule has 17 heavy (non-hydrogen) atoms. The minimum Gasteiger partial charge on any atom is -0.493 e. The van der Waals surface area contributed by atoms with Crippen molar-refractivity contribution in [3.63, 3.8) is 0 Å². The van der Waals surface area contributed by atoms with Gasteiger partial charge in [0.25, 0.3) is 0 Å². The molecule has 0 aliphatic carbocycles. The van der Waals surface area contributed by atoms with Gasteiger partial charge < -0.3 is 15.6 Å². The van der Waals surface area contributed by atoms with Crippen molar-refractivity contribution in [1.29, 1.82) is 0 Å². The molecule has 0 spiro atoms. The van der Waals surface area contributed by atoms with Gasteiger partial charge in [-0.05, 0) is 19.4 Å². The summed E-state index contributed by atoms with van der Waals surface area (Å²) in [6, 6.07) is 8.03. The molecule has 2 rings (SSSR count). The third-order valence-electron chi connectivity index (χ3n) is 4.09. The van der Waals surface area contributed by atoms with Gasteiger partial charge >= 0.3 is 0 Å². The molecule has 3 atom stereocenters. The Morgan fingerprint density at radius 3 is 2.88 bits per heavy atom. The van der Waals surface area contributed by atoms with Crippen LogP contribution in [0.3, 0.4) is 0 Å². The van der Waals surface area contributed by atoms with E-state index in [0.29, 0.717) is 18.9 Å². The van der Waals surface area contributed by atoms with Gasteiger partial charge in [-0.1, -0.05) is 25.1 Å². The molecule has 0 fully saturated rings. The summed E-state index contributed by atoms with van der Waals surface area (Å²) >= 11 is 0. The molecular formula is C14H21NO2. The van der Waals surface area contributed by atoms with Crippen molar-refractivity contribution in [2.24, 2.45) is 11.7 Å². The largest absolute Gasteiger partial charge is 0.493 e. The summed E-state index contributed by atoms with van der Waals surface area (Å²) < 4.78 is 5.75. The first-order valence-electron chi connectivity index (χ1n) is 6.21. The fourth-order valence-corrected chi connectivity index (χ4v) is 3.09. The SMILES string of the molecule is CC(N)C1(CCO)c2ccccc2OCC1C. The summed E-state index contributed by atoms with van der Waals surface area (Å²) in [5.74, 6) is 1.22. The van der Waals surface area contributed by atoms with Crippen LogP contribution in [0.25, 0.3) is 0 Å². The van der Waals surface area contributed by atoms with Crippen LogP contribution >= 0.6 is 0 Å². The number of aliphatic hydroxyl groups excluding tert-OH is 1. The van der Waals surface area contributed by atoms with Gasteiger partial charge in [-0.15, -0.1) is 0 Å². The van der Waals surface area contributed by atoms with E-state index < -0.39 is 0 Å². The summed E-state index contributed by atoms with van der Waals surface area (Å²) in [6.45, 7) is 4.99. The smallest absolute Gasteiger partial charge is 0.123 e. The molecule has 1 heterocycles. The Bertz CT molecular complexity index is 392. The lowest BCUT2D eigenvalue weighted by Gasteiger charge is -2.46. The second-order valence-corrected chi connectivity index (χ2v) is 5.01. The van der Waals surface area contributed by atoms with Crippen molar-refractivity contribution in [3.8, 4) is 5.75 Å². The van der Waals surface area contributed by atoms with Crippen LogP contribution in [0.5, 0.6) is 5.75 Å². The number of ether oxygens (including phenoxy) is 1. The van der Waals surface area contributed by atoms with Gasteiger partial charge in [-0.25, -0.2) is 0 Å². The number of nitrogens with two attached hydrogens (primary N) is 1. The van der Waals surface area contributed by atoms with Gasteiger partial charge in [0, 0.05) is 29.5 Å². The second-order valence-electron chi connectivity index (χ2n) is 5.01. The molecule has 3 unspecified atom stereocenters. The van der Waals surface area contributed by atoms with Crippen LogP contribution in [0.15, 0.2) is 24.3 Å². The Morgan fingerprint density at radius 1 is 1.53 bits per heavy atom. The molecule has 3 N–H and O–H groups in total. The zero-order valence-electron chi connectivity index (χ0n) is 10.5. The number of hydrogen-bond acceptors (Lipinski definition) is 3. The molecule has 1 aliphatic rings. The molecule has 94 valence electrons. The maximum absolute atomic E-state index is 9.38. The van der Waals surface area contributed by atoms with E-state index in [1.165, 1.54) is 0 Å². The van der Waals surface area contributed by atoms with E-state index in [0.717, 1.165) is 11.3 Å². The highest BCUT2D eigenvalue weighted by Crippen LogP contribution is 2.46. The van der Waals surface area contributed by atoms with Crippen LogP contribution in [-0.2, 0) is 5.41 Å². The summed E-state index contributed by atoms with van der Waals surface area (Å²) in [5.41, 5.74) is 7.19. The fourth-order valence-electron chi connectivity index (χ4n) is 3.09. The molecular weight excluding hydrogens is 214 g/mol. The molecule has 0 amide bonds. The monoisotopic (exact) mass is 235 g/mol. The number of para-hydroxylation sites is 1. The van der Waals surface area contributed by atoms with Gasteiger partial charge in [-0.2, -0.15) is 0 Å². The Balaban J connectivity index is 2.55. The Labute approximate surface area is 103 Å². The Hall–Kier alpha value is -1.06. The quantitative estimate of drug-likeness (QED) is 0.838. The topological polar surface area (TPSA) is 55.5 Å². The van der Waals surface area contributed by atoms with Crippen LogP contribution in [-0.4, -0.2) is 24.4 Å². The van der Waals surface area contributed by atoms with E-state index in [1.54, 1.807) is 0 Å². The summed E-state index contributed by atoms with van der Waals surface area (Å²) in [5, 5.41) is 9.38. The highest BCUT2D eigenvalue weighted by Gasteiger charge is 2.45. The van der Waals surface area contributed by atoms with Gasteiger partial charge in [0.05, 0.1) is 6.61 Å². The number of benzene rings is 1. The standard InChI is InChI=1S/C14H21NO2/c1-10-9-17-13-6-4-3-5-12(13)14(10,7-8-16)11(2)15/h3-6,10-11,16H,7-9,15H2,1-2H3. The first-order chi connectivity index (χ1) is 8.13.